The molecule has 0 bridgehead atoms. The lowest BCUT2D eigenvalue weighted by atomic mass is 10.1. The van der Waals surface area contributed by atoms with Gasteiger partial charge in [0.2, 0.25) is 29.5 Å². The number of carboxylic acid groups (broad SMARTS) is 2. The van der Waals surface area contributed by atoms with E-state index in [-0.39, 0.29) is 6.42 Å². The van der Waals surface area contributed by atoms with Crippen LogP contribution in [-0.2, 0) is 33.6 Å². The minimum absolute atomic E-state index is 0.386. The van der Waals surface area contributed by atoms with Gasteiger partial charge in [0.05, 0.1) is 12.5 Å². The number of carboxylic acids is 2. The fourth-order valence-corrected chi connectivity index (χ4v) is 2.52. The van der Waals surface area contributed by atoms with E-state index in [9.17, 15) is 43.8 Å². The molecule has 0 fully saturated rings. The van der Waals surface area contributed by atoms with Crippen LogP contribution in [0.2, 0.25) is 0 Å². The van der Waals surface area contributed by atoms with Crippen LogP contribution < -0.4 is 33.2 Å². The highest BCUT2D eigenvalue weighted by atomic mass is 16.4. The van der Waals surface area contributed by atoms with E-state index in [1.165, 1.54) is 6.92 Å². The Labute approximate surface area is 193 Å². The van der Waals surface area contributed by atoms with Gasteiger partial charge in [-0.25, -0.2) is 4.79 Å². The van der Waals surface area contributed by atoms with E-state index in [1.807, 2.05) is 0 Å². The van der Waals surface area contributed by atoms with E-state index in [2.05, 4.69) is 16.0 Å². The smallest absolute Gasteiger partial charge is 0.326 e. The lowest BCUT2D eigenvalue weighted by Gasteiger charge is -2.25. The average molecular weight is 490 g/mol. The Morgan fingerprint density at radius 1 is 0.735 bits per heavy atom. The third-order valence-electron chi connectivity index (χ3n) is 4.43. The van der Waals surface area contributed by atoms with E-state index in [1.54, 1.807) is 0 Å². The molecule has 0 radical (unpaired) electrons. The summed E-state index contributed by atoms with van der Waals surface area (Å²) >= 11 is 0. The quantitative estimate of drug-likeness (QED) is 0.0988. The van der Waals surface area contributed by atoms with Crippen molar-refractivity contribution >= 4 is 41.5 Å². The number of aliphatic carboxylic acids is 2. The summed E-state index contributed by atoms with van der Waals surface area (Å²) in [6.45, 7) is 1.21. The monoisotopic (exact) mass is 490 g/mol. The minimum atomic E-state index is -1.62. The molecule has 16 heteroatoms. The Balaban J connectivity index is 5.61. The molecule has 34 heavy (non-hydrogen) atoms. The molecule has 0 saturated heterocycles. The predicted molar refractivity (Wildman–Crippen MR) is 112 cm³/mol. The molecular weight excluding hydrogens is 460 g/mol. The van der Waals surface area contributed by atoms with Crippen LogP contribution in [0.15, 0.2) is 0 Å². The number of carbonyl (C=O) groups excluding carboxylic acids is 5. The number of nitrogens with one attached hydrogen (secondary N) is 3. The van der Waals surface area contributed by atoms with Gasteiger partial charge < -0.3 is 48.5 Å². The van der Waals surface area contributed by atoms with Crippen molar-refractivity contribution in [2.24, 2.45) is 17.2 Å². The molecule has 0 aromatic carbocycles. The van der Waals surface area contributed by atoms with Gasteiger partial charge in [-0.2, -0.15) is 0 Å². The highest BCUT2D eigenvalue weighted by molar-refractivity contribution is 5.96. The molecule has 0 aromatic heterocycles. The van der Waals surface area contributed by atoms with Crippen LogP contribution in [0.1, 0.15) is 39.0 Å². The van der Waals surface area contributed by atoms with Gasteiger partial charge in [0, 0.05) is 12.8 Å². The Morgan fingerprint density at radius 2 is 1.21 bits per heavy atom. The van der Waals surface area contributed by atoms with Gasteiger partial charge in [-0.15, -0.1) is 0 Å². The first-order chi connectivity index (χ1) is 15.6. The van der Waals surface area contributed by atoms with Crippen molar-refractivity contribution in [1.29, 1.82) is 0 Å². The Hall–Kier alpha value is -3.79. The summed E-state index contributed by atoms with van der Waals surface area (Å²) in [4.78, 5) is 81.9. The summed E-state index contributed by atoms with van der Waals surface area (Å²) < 4.78 is 0. The molecular formula is C18H30N6O10. The fraction of sp³-hybridized carbons (Fsp3) is 0.611. The van der Waals surface area contributed by atoms with E-state index in [0.29, 0.717) is 0 Å². The third-order valence-corrected chi connectivity index (χ3v) is 4.43. The first-order valence-electron chi connectivity index (χ1n) is 10.0. The molecule has 0 heterocycles. The molecule has 0 aliphatic rings. The zero-order valence-corrected chi connectivity index (χ0v) is 18.4. The van der Waals surface area contributed by atoms with Gasteiger partial charge >= 0.3 is 11.9 Å². The van der Waals surface area contributed by atoms with E-state index < -0.39 is 97.4 Å². The largest absolute Gasteiger partial charge is 0.481 e. The van der Waals surface area contributed by atoms with Crippen molar-refractivity contribution in [3.8, 4) is 0 Å². The molecule has 5 amide bonds. The average Bonchev–Trinajstić information content (AvgIpc) is 2.71. The van der Waals surface area contributed by atoms with Crippen molar-refractivity contribution in [2.45, 2.75) is 69.3 Å². The van der Waals surface area contributed by atoms with Crippen LogP contribution in [-0.4, -0.2) is 87.1 Å². The van der Waals surface area contributed by atoms with Crippen LogP contribution in [0, 0.1) is 0 Å². The molecule has 0 aliphatic carbocycles. The third kappa shape index (κ3) is 11.7. The highest BCUT2D eigenvalue weighted by Crippen LogP contribution is 2.05. The summed E-state index contributed by atoms with van der Waals surface area (Å²) in [5, 5.41) is 33.7. The number of nitrogens with two attached hydrogens (primary N) is 3. The minimum Gasteiger partial charge on any atom is -0.481 e. The summed E-state index contributed by atoms with van der Waals surface area (Å²) in [5.41, 5.74) is 15.6. The number of amides is 5. The fourth-order valence-electron chi connectivity index (χ4n) is 2.52. The number of aliphatic hydroxyl groups is 1. The maximum atomic E-state index is 12.7. The van der Waals surface area contributed by atoms with Crippen molar-refractivity contribution in [1.82, 2.24) is 16.0 Å². The summed E-state index contributed by atoms with van der Waals surface area (Å²) in [6.07, 6.45) is -3.86. The normalized spacial score (nSPS) is 15.0. The standard InChI is InChI=1S/C18H30N6O10/c1-7(25)14(21)17(32)24-10(6-12(20)27)16(31)22-8(2-4-11(19)26)15(30)23-9(18(33)34)3-5-13(28)29/h7-10,14,25H,2-6,21H2,1H3,(H2,19,26)(H2,20,27)(H,22,31)(H,23,30)(H,24,32)(H,28,29)(H,33,34). The first-order valence-corrected chi connectivity index (χ1v) is 10.0. The Bertz CT molecular complexity index is 802. The van der Waals surface area contributed by atoms with Crippen molar-refractivity contribution in [3.63, 3.8) is 0 Å². The number of primary amides is 2. The summed E-state index contributed by atoms with van der Waals surface area (Å²) in [7, 11) is 0. The molecule has 5 atom stereocenters. The second-order valence-corrected chi connectivity index (χ2v) is 7.40. The molecule has 0 saturated carbocycles. The van der Waals surface area contributed by atoms with Gasteiger partial charge in [0.1, 0.15) is 24.2 Å². The summed E-state index contributed by atoms with van der Waals surface area (Å²) in [6, 6.07) is -6.25. The molecule has 5 unspecified atom stereocenters. The van der Waals surface area contributed by atoms with Crippen LogP contribution in [0.5, 0.6) is 0 Å². The number of rotatable bonds is 16. The predicted octanol–water partition coefficient (Wildman–Crippen LogP) is -4.76. The van der Waals surface area contributed by atoms with E-state index in [4.69, 9.17) is 22.3 Å². The molecule has 192 valence electrons. The van der Waals surface area contributed by atoms with Crippen molar-refractivity contribution in [2.75, 3.05) is 0 Å². The van der Waals surface area contributed by atoms with Gasteiger partial charge in [-0.05, 0) is 19.8 Å². The topological polar surface area (TPSA) is 294 Å². The maximum Gasteiger partial charge on any atom is 0.326 e. The summed E-state index contributed by atoms with van der Waals surface area (Å²) in [5.74, 6) is -7.90. The zero-order chi connectivity index (χ0) is 26.6. The van der Waals surface area contributed by atoms with E-state index >= 15 is 0 Å². The molecule has 0 aliphatic heterocycles. The lowest BCUT2D eigenvalue weighted by Crippen LogP contribution is -2.58. The molecule has 0 rings (SSSR count). The van der Waals surface area contributed by atoms with Crippen LogP contribution >= 0.6 is 0 Å². The Morgan fingerprint density at radius 3 is 1.65 bits per heavy atom. The second-order valence-electron chi connectivity index (χ2n) is 7.40. The van der Waals surface area contributed by atoms with Crippen LogP contribution in [0.4, 0.5) is 0 Å². The van der Waals surface area contributed by atoms with Crippen LogP contribution in [0.3, 0.4) is 0 Å². The number of hydrogen-bond acceptors (Lipinski definition) is 9. The van der Waals surface area contributed by atoms with Gasteiger partial charge in [-0.3, -0.25) is 28.8 Å². The maximum absolute atomic E-state index is 12.7. The molecule has 0 spiro atoms. The first kappa shape index (κ1) is 30.2. The van der Waals surface area contributed by atoms with E-state index in [0.717, 1.165) is 0 Å². The Kier molecular flexibility index (Phi) is 12.8. The second kappa shape index (κ2) is 14.4. The molecule has 0 aromatic rings. The highest BCUT2D eigenvalue weighted by Gasteiger charge is 2.32. The van der Waals surface area contributed by atoms with Crippen LogP contribution in [0.25, 0.3) is 0 Å². The zero-order valence-electron chi connectivity index (χ0n) is 18.4. The van der Waals surface area contributed by atoms with Crippen molar-refractivity contribution in [3.05, 3.63) is 0 Å². The SMILES string of the molecule is CC(O)C(N)C(=O)NC(CC(N)=O)C(=O)NC(CCC(N)=O)C(=O)NC(CCC(=O)O)C(=O)O. The molecule has 12 N–H and O–H groups in total. The lowest BCUT2D eigenvalue weighted by molar-refractivity contribution is -0.143. The van der Waals surface area contributed by atoms with Gasteiger partial charge in [0.25, 0.3) is 0 Å². The number of hydrogen-bond donors (Lipinski definition) is 9. The van der Waals surface area contributed by atoms with Crippen molar-refractivity contribution < 1.29 is 48.9 Å². The van der Waals surface area contributed by atoms with Gasteiger partial charge in [-0.1, -0.05) is 0 Å². The number of carbonyl (C=O) groups is 7. The molecule has 16 nitrogen and oxygen atoms in total. The van der Waals surface area contributed by atoms with Gasteiger partial charge in [0.15, 0.2) is 0 Å². The number of aliphatic hydroxyl groups excluding tert-OH is 1.